The van der Waals surface area contributed by atoms with Crippen LogP contribution in [-0.4, -0.2) is 53.3 Å². The molecule has 0 radical (unpaired) electrons. The molecule has 0 amide bonds. The Hall–Kier alpha value is -2.04. The molecule has 0 aliphatic carbocycles. The Labute approximate surface area is 194 Å². The Morgan fingerprint density at radius 3 is 2.69 bits per heavy atom. The van der Waals surface area contributed by atoms with E-state index in [1.54, 1.807) is 10.8 Å². The highest BCUT2D eigenvalue weighted by Crippen LogP contribution is 2.23. The van der Waals surface area contributed by atoms with Gasteiger partial charge in [-0.25, -0.2) is 17.8 Å². The van der Waals surface area contributed by atoms with Gasteiger partial charge in [0.15, 0.2) is 5.11 Å². The van der Waals surface area contributed by atoms with Crippen LogP contribution in [0.15, 0.2) is 35.6 Å². The molecule has 1 saturated heterocycles. The number of benzene rings is 1. The minimum absolute atomic E-state index is 0.00500. The van der Waals surface area contributed by atoms with E-state index in [1.807, 2.05) is 25.7 Å². The van der Waals surface area contributed by atoms with Gasteiger partial charge in [-0.1, -0.05) is 12.1 Å². The molecule has 32 heavy (non-hydrogen) atoms. The van der Waals surface area contributed by atoms with Crippen LogP contribution >= 0.6 is 12.2 Å². The largest absolute Gasteiger partial charge is 0.376 e. The number of hydrogen-bond acceptors (Lipinski definition) is 5. The molecule has 2 aromatic rings. The number of imidazole rings is 1. The number of sulfone groups is 1. The van der Waals surface area contributed by atoms with E-state index in [4.69, 9.17) is 17.0 Å². The zero-order chi connectivity index (χ0) is 23.3. The highest BCUT2D eigenvalue weighted by molar-refractivity contribution is 7.90. The zero-order valence-electron chi connectivity index (χ0n) is 18.8. The number of rotatable bonds is 9. The number of nitrogens with zero attached hydrogens (tertiary/aromatic N) is 3. The Bertz CT molecular complexity index is 1020. The molecular weight excluding hydrogens is 451 g/mol. The van der Waals surface area contributed by atoms with Gasteiger partial charge in [0, 0.05) is 19.2 Å². The van der Waals surface area contributed by atoms with Crippen LogP contribution in [-0.2, 0) is 33.4 Å². The second-order valence-electron chi connectivity index (χ2n) is 8.22. The lowest BCUT2D eigenvalue weighted by molar-refractivity contribution is 0.0935. The third kappa shape index (κ3) is 6.05. The average molecular weight is 483 g/mol. The zero-order valence-corrected chi connectivity index (χ0v) is 20.4. The molecule has 1 atom stereocenters. The fourth-order valence-corrected chi connectivity index (χ4v) is 5.66. The maximum absolute atomic E-state index is 13.3. The molecule has 1 aliphatic heterocycles. The summed E-state index contributed by atoms with van der Waals surface area (Å²) in [6, 6.07) is 5.61. The van der Waals surface area contributed by atoms with Crippen molar-refractivity contribution in [2.24, 2.45) is 0 Å². The van der Waals surface area contributed by atoms with Gasteiger partial charge in [0.2, 0.25) is 15.0 Å². The van der Waals surface area contributed by atoms with Gasteiger partial charge in [-0.2, -0.15) is 0 Å². The molecule has 1 aromatic carbocycles. The summed E-state index contributed by atoms with van der Waals surface area (Å²) in [5, 5.41) is 3.79. The van der Waals surface area contributed by atoms with Crippen molar-refractivity contribution in [1.82, 2.24) is 19.8 Å². The third-order valence-corrected chi connectivity index (χ3v) is 7.38. The van der Waals surface area contributed by atoms with E-state index < -0.39 is 15.7 Å². The molecule has 7 nitrogen and oxygen atoms in total. The molecule has 2 heterocycles. The van der Waals surface area contributed by atoms with Crippen LogP contribution < -0.4 is 5.32 Å². The summed E-state index contributed by atoms with van der Waals surface area (Å²) < 4.78 is 47.3. The van der Waals surface area contributed by atoms with Gasteiger partial charge in [-0.3, -0.25) is 0 Å². The summed E-state index contributed by atoms with van der Waals surface area (Å²) >= 11 is 5.53. The van der Waals surface area contributed by atoms with Crippen LogP contribution in [0.5, 0.6) is 0 Å². The standard InChI is InChI=1S/C22H31FN4O3S2/c1-4-24-21(31)26(16(2)3)13-19-12-25-22(27(19)14-20-6-5-11-30-20)32(28,29)15-17-7-9-18(23)10-8-17/h7-10,12,16,20H,4-6,11,13-15H2,1-3H3,(H,24,31)/t20-/m0/s1. The predicted molar refractivity (Wildman–Crippen MR) is 125 cm³/mol. The monoisotopic (exact) mass is 482 g/mol. The SMILES string of the molecule is CCNC(=S)N(Cc1cnc(S(=O)(=O)Cc2ccc(F)cc2)n1C[C@@H]1CCCO1)C(C)C. The smallest absolute Gasteiger partial charge is 0.228 e. The van der Waals surface area contributed by atoms with Crippen LogP contribution in [0, 0.1) is 5.82 Å². The number of nitrogens with one attached hydrogen (secondary N) is 1. The maximum Gasteiger partial charge on any atom is 0.228 e. The van der Waals surface area contributed by atoms with Gasteiger partial charge in [0.05, 0.1) is 36.8 Å². The van der Waals surface area contributed by atoms with Crippen molar-refractivity contribution in [2.45, 2.75) is 69.8 Å². The van der Waals surface area contributed by atoms with Crippen LogP contribution in [0.3, 0.4) is 0 Å². The topological polar surface area (TPSA) is 76.5 Å². The van der Waals surface area contributed by atoms with E-state index in [1.165, 1.54) is 24.3 Å². The first kappa shape index (κ1) is 24.6. The molecule has 10 heteroatoms. The Kier molecular flexibility index (Phi) is 8.24. The molecule has 176 valence electrons. The molecule has 0 spiro atoms. The van der Waals surface area contributed by atoms with Gasteiger partial charge in [-0.15, -0.1) is 0 Å². The van der Waals surface area contributed by atoms with E-state index in [9.17, 15) is 12.8 Å². The molecule has 0 unspecified atom stereocenters. The third-order valence-electron chi connectivity index (χ3n) is 5.40. The lowest BCUT2D eigenvalue weighted by Crippen LogP contribution is -2.43. The van der Waals surface area contributed by atoms with E-state index in [-0.39, 0.29) is 23.1 Å². The summed E-state index contributed by atoms with van der Waals surface area (Å²) in [5.74, 6) is -0.655. The molecule has 0 bridgehead atoms. The molecular formula is C22H31FN4O3S2. The fourth-order valence-electron chi connectivity index (χ4n) is 3.73. The van der Waals surface area contributed by atoms with E-state index >= 15 is 0 Å². The summed E-state index contributed by atoms with van der Waals surface area (Å²) in [4.78, 5) is 6.33. The first-order valence-corrected chi connectivity index (χ1v) is 12.9. The van der Waals surface area contributed by atoms with Crippen LogP contribution in [0.1, 0.15) is 44.9 Å². The molecule has 1 fully saturated rings. The van der Waals surface area contributed by atoms with Crippen molar-refractivity contribution in [3.05, 3.63) is 47.5 Å². The van der Waals surface area contributed by atoms with Crippen molar-refractivity contribution in [3.63, 3.8) is 0 Å². The van der Waals surface area contributed by atoms with Gasteiger partial charge in [0.1, 0.15) is 5.82 Å². The normalized spacial score (nSPS) is 16.5. The van der Waals surface area contributed by atoms with Crippen molar-refractivity contribution >= 4 is 27.2 Å². The molecule has 1 N–H and O–H groups in total. The number of halogens is 1. The molecule has 3 rings (SSSR count). The maximum atomic E-state index is 13.3. The lowest BCUT2D eigenvalue weighted by atomic mass is 10.2. The second-order valence-corrected chi connectivity index (χ2v) is 10.5. The first-order valence-electron chi connectivity index (χ1n) is 10.9. The van der Waals surface area contributed by atoms with Crippen molar-refractivity contribution in [3.8, 4) is 0 Å². The van der Waals surface area contributed by atoms with Crippen molar-refractivity contribution in [1.29, 1.82) is 0 Å². The van der Waals surface area contributed by atoms with Crippen LogP contribution in [0.4, 0.5) is 4.39 Å². The number of aromatic nitrogens is 2. The van der Waals surface area contributed by atoms with E-state index in [2.05, 4.69) is 10.3 Å². The van der Waals surface area contributed by atoms with Gasteiger partial charge in [0.25, 0.3) is 0 Å². The van der Waals surface area contributed by atoms with E-state index in [0.29, 0.717) is 36.9 Å². The summed E-state index contributed by atoms with van der Waals surface area (Å²) in [6.45, 7) is 8.27. The van der Waals surface area contributed by atoms with Crippen molar-refractivity contribution in [2.75, 3.05) is 13.2 Å². The Morgan fingerprint density at radius 2 is 2.09 bits per heavy atom. The predicted octanol–water partition coefficient (Wildman–Crippen LogP) is 3.28. The quantitative estimate of drug-likeness (QED) is 0.550. The highest BCUT2D eigenvalue weighted by Gasteiger charge is 2.28. The molecule has 1 aliphatic rings. The second kappa shape index (κ2) is 10.7. The van der Waals surface area contributed by atoms with Gasteiger partial charge in [-0.05, 0) is 63.5 Å². The van der Waals surface area contributed by atoms with Crippen molar-refractivity contribution < 1.29 is 17.5 Å². The Morgan fingerprint density at radius 1 is 1.38 bits per heavy atom. The van der Waals surface area contributed by atoms with E-state index in [0.717, 1.165) is 18.5 Å². The number of thiocarbonyl (C=S) groups is 1. The van der Waals surface area contributed by atoms with Crippen LogP contribution in [0.25, 0.3) is 0 Å². The minimum atomic E-state index is -3.76. The summed E-state index contributed by atoms with van der Waals surface area (Å²) in [5.41, 5.74) is 1.27. The Balaban J connectivity index is 1.94. The summed E-state index contributed by atoms with van der Waals surface area (Å²) in [6.07, 6.45) is 3.38. The van der Waals surface area contributed by atoms with Crippen LogP contribution in [0.2, 0.25) is 0 Å². The fraction of sp³-hybridized carbons (Fsp3) is 0.545. The summed E-state index contributed by atoms with van der Waals surface area (Å²) in [7, 11) is -3.76. The number of ether oxygens (including phenoxy) is 1. The van der Waals surface area contributed by atoms with Gasteiger partial charge < -0.3 is 19.5 Å². The first-order chi connectivity index (χ1) is 15.2. The molecule has 0 saturated carbocycles. The van der Waals surface area contributed by atoms with Gasteiger partial charge >= 0.3 is 0 Å². The lowest BCUT2D eigenvalue weighted by Gasteiger charge is -2.30. The highest BCUT2D eigenvalue weighted by atomic mass is 32.2. The number of hydrogen-bond donors (Lipinski definition) is 1. The minimum Gasteiger partial charge on any atom is -0.376 e. The average Bonchev–Trinajstić information content (AvgIpc) is 3.38. The molecule has 1 aromatic heterocycles.